The molecule has 5 atom stereocenters. The van der Waals surface area contributed by atoms with Crippen molar-refractivity contribution < 1.29 is 24.8 Å². The highest BCUT2D eigenvalue weighted by molar-refractivity contribution is 6.03. The van der Waals surface area contributed by atoms with E-state index in [2.05, 4.69) is 24.4 Å². The van der Waals surface area contributed by atoms with Crippen LogP contribution in [-0.4, -0.2) is 64.3 Å². The summed E-state index contributed by atoms with van der Waals surface area (Å²) >= 11 is 0. The van der Waals surface area contributed by atoms with Gasteiger partial charge in [0.15, 0.2) is 17.2 Å². The van der Waals surface area contributed by atoms with Gasteiger partial charge in [0.05, 0.1) is 24.5 Å². The Balaban J connectivity index is 1.08. The van der Waals surface area contributed by atoms with Gasteiger partial charge in [-0.2, -0.15) is 0 Å². The third-order valence-electron chi connectivity index (χ3n) is 11.6. The Bertz CT molecular complexity index is 1260. The monoisotopic (exact) mass is 633 g/mol. The molecule has 3 fully saturated rings. The summed E-state index contributed by atoms with van der Waals surface area (Å²) in [7, 11) is 0. The quantitative estimate of drug-likeness (QED) is 0.130. The number of nitrogens with zero attached hydrogens (tertiary/aromatic N) is 1. The van der Waals surface area contributed by atoms with Crippen LogP contribution in [-0.2, 0) is 6.42 Å². The van der Waals surface area contributed by atoms with Crippen molar-refractivity contribution in [1.82, 2.24) is 5.32 Å². The Labute approximate surface area is 276 Å². The van der Waals surface area contributed by atoms with Crippen LogP contribution < -0.4 is 10.1 Å². The Morgan fingerprint density at radius 3 is 2.83 bits per heavy atom. The first-order valence-corrected chi connectivity index (χ1v) is 18.3. The van der Waals surface area contributed by atoms with Gasteiger partial charge in [0.1, 0.15) is 30.4 Å². The number of benzene rings is 1. The standard InChI is InChI=1S/C39H56N2O5/c1-3-4-10-37-28(25-42)20-30(46-37)13-11-27-12-14-36(44)38(19-27)45-18-15-29-21-32-33(24-40-23-26(2)43)31-8-7-9-34(31)39(16-5-6-17-39)22-35(32)41-29/h12,14,19-21,26,31,33-34,37,40,42-43,46H,3-11,13,15-18,22-25H2,1-2H3/p+1. The van der Waals surface area contributed by atoms with E-state index in [1.807, 2.05) is 19.1 Å². The largest absolute Gasteiger partial charge is 0.504 e. The fourth-order valence-electron chi connectivity index (χ4n) is 9.32. The topological polar surface area (TPSA) is 107 Å². The van der Waals surface area contributed by atoms with Crippen LogP contribution in [0, 0.1) is 35.2 Å². The fourth-order valence-corrected chi connectivity index (χ4v) is 9.32. The number of rotatable bonds is 15. The Kier molecular flexibility index (Phi) is 11.0. The van der Waals surface area contributed by atoms with Gasteiger partial charge in [0.2, 0.25) is 0 Å². The van der Waals surface area contributed by atoms with Crippen LogP contribution >= 0.6 is 0 Å². The lowest BCUT2D eigenvalue weighted by Gasteiger charge is -2.37. The number of allylic oxidation sites excluding steroid dienone is 1. The molecule has 252 valence electrons. The number of phenolic OH excluding ortho intramolecular Hbond substituents is 1. The zero-order chi connectivity index (χ0) is 32.1. The first kappa shape index (κ1) is 33.5. The number of nitrogens with one attached hydrogen (secondary N) is 1. The van der Waals surface area contributed by atoms with Crippen LogP contribution in [0.25, 0.3) is 0 Å². The van der Waals surface area contributed by atoms with Gasteiger partial charge in [-0.05, 0) is 86.8 Å². The number of hydrogen-bond acceptors (Lipinski definition) is 6. The van der Waals surface area contributed by atoms with Gasteiger partial charge in [0, 0.05) is 32.5 Å². The number of fused-ring (bicyclic) bond motifs is 3. The molecule has 0 bridgehead atoms. The minimum Gasteiger partial charge on any atom is -0.504 e. The summed E-state index contributed by atoms with van der Waals surface area (Å²) in [5.41, 5.74) is 4.94. The van der Waals surface area contributed by atoms with Crippen molar-refractivity contribution in [3.63, 3.8) is 0 Å². The van der Waals surface area contributed by atoms with E-state index in [-0.39, 0.29) is 24.6 Å². The maximum absolute atomic E-state index is 10.6. The molecule has 7 nitrogen and oxygen atoms in total. The molecule has 7 heteroatoms. The number of phenols is 1. The highest BCUT2D eigenvalue weighted by atomic mass is 16.5. The molecule has 1 spiro atoms. The van der Waals surface area contributed by atoms with Crippen molar-refractivity contribution in [2.75, 3.05) is 26.3 Å². The van der Waals surface area contributed by atoms with E-state index < -0.39 is 0 Å². The Morgan fingerprint density at radius 1 is 1.20 bits per heavy atom. The van der Waals surface area contributed by atoms with Gasteiger partial charge in [-0.15, -0.1) is 16.6 Å². The van der Waals surface area contributed by atoms with E-state index in [0.717, 1.165) is 73.9 Å². The smallest absolute Gasteiger partial charge is 0.178 e. The number of hydrogen-bond donors (Lipinski definition) is 4. The average Bonchev–Trinajstić information content (AvgIpc) is 3.85. The number of ether oxygens (including phenoxy) is 2. The first-order chi connectivity index (χ1) is 22.4. The zero-order valence-corrected chi connectivity index (χ0v) is 28.1. The molecule has 0 aromatic heterocycles. The normalized spacial score (nSPS) is 27.3. The minimum atomic E-state index is -0.346. The van der Waals surface area contributed by atoms with Gasteiger partial charge >= 0.3 is 0 Å². The molecule has 3 saturated carbocycles. The van der Waals surface area contributed by atoms with Crippen molar-refractivity contribution in [2.45, 2.75) is 116 Å². The molecular formula is C39H57N2O5+. The second kappa shape index (κ2) is 15.2. The summed E-state index contributed by atoms with van der Waals surface area (Å²) < 4.78 is 11.1. The molecule has 46 heavy (non-hydrogen) atoms. The van der Waals surface area contributed by atoms with E-state index in [4.69, 9.17) is 14.5 Å². The van der Waals surface area contributed by atoms with Crippen molar-refractivity contribution in [2.24, 2.45) is 28.2 Å². The van der Waals surface area contributed by atoms with Crippen molar-refractivity contribution in [3.8, 4) is 11.5 Å². The van der Waals surface area contributed by atoms with Crippen LogP contribution in [0.5, 0.6) is 11.5 Å². The Morgan fingerprint density at radius 2 is 2.04 bits per heavy atom. The number of aliphatic hydroxyl groups is 4. The average molecular weight is 634 g/mol. The second-order valence-electron chi connectivity index (χ2n) is 14.8. The summed E-state index contributed by atoms with van der Waals surface area (Å²) in [6.45, 7) is 6.10. The summed E-state index contributed by atoms with van der Waals surface area (Å²) in [4.78, 5) is 5.28. The lowest BCUT2D eigenvalue weighted by atomic mass is 9.66. The molecule has 2 heterocycles. The number of aliphatic imine (C=N–C) groups is 1. The highest BCUT2D eigenvalue weighted by Gasteiger charge is 2.57. The van der Waals surface area contributed by atoms with E-state index in [0.29, 0.717) is 42.6 Å². The van der Waals surface area contributed by atoms with Crippen LogP contribution in [0.1, 0.15) is 103 Å². The number of aryl methyl sites for hydroxylation is 1. The van der Waals surface area contributed by atoms with Gasteiger partial charge in [-0.1, -0.05) is 38.7 Å². The van der Waals surface area contributed by atoms with E-state index in [1.165, 1.54) is 56.6 Å². The molecule has 0 radical (unpaired) electrons. The molecule has 3 aliphatic carbocycles. The summed E-state index contributed by atoms with van der Waals surface area (Å²) in [5, 5.41) is 33.9. The Hall–Kier alpha value is -2.45. The molecule has 5 unspecified atom stereocenters. The van der Waals surface area contributed by atoms with Crippen molar-refractivity contribution in [1.29, 1.82) is 0 Å². The summed E-state index contributed by atoms with van der Waals surface area (Å²) in [5.74, 6) is 4.04. The molecular weight excluding hydrogens is 576 g/mol. The molecule has 6 rings (SSSR count). The molecule has 0 amide bonds. The second-order valence-corrected chi connectivity index (χ2v) is 14.8. The lowest BCUT2D eigenvalue weighted by molar-refractivity contribution is -0.0550. The van der Waals surface area contributed by atoms with Crippen LogP contribution in [0.2, 0.25) is 0 Å². The zero-order valence-electron chi connectivity index (χ0n) is 28.1. The highest BCUT2D eigenvalue weighted by Crippen LogP contribution is 2.61. The van der Waals surface area contributed by atoms with Crippen molar-refractivity contribution >= 4 is 5.71 Å². The third kappa shape index (κ3) is 7.48. The van der Waals surface area contributed by atoms with Gasteiger partial charge in [-0.3, -0.25) is 0 Å². The molecule has 1 aromatic carbocycles. The molecule has 5 N–H and O–H groups in total. The van der Waals surface area contributed by atoms with E-state index >= 15 is 0 Å². The van der Waals surface area contributed by atoms with Gasteiger partial charge in [-0.25, -0.2) is 0 Å². The fraction of sp³-hybridized carbons (Fsp3) is 0.667. The molecule has 2 aliphatic heterocycles. The third-order valence-corrected chi connectivity index (χ3v) is 11.6. The predicted molar refractivity (Wildman–Crippen MR) is 184 cm³/mol. The lowest BCUT2D eigenvalue weighted by Crippen LogP contribution is -2.38. The predicted octanol–water partition coefficient (Wildman–Crippen LogP) is 6.52. The van der Waals surface area contributed by atoms with Crippen molar-refractivity contribution in [3.05, 3.63) is 59.2 Å². The van der Waals surface area contributed by atoms with Crippen LogP contribution in [0.3, 0.4) is 0 Å². The van der Waals surface area contributed by atoms with E-state index in [9.17, 15) is 15.3 Å². The summed E-state index contributed by atoms with van der Waals surface area (Å²) in [6.07, 6.45) is 21.3. The maximum Gasteiger partial charge on any atom is 0.178 e. The number of aliphatic hydroxyl groups excluding tert-OH is 2. The van der Waals surface area contributed by atoms with E-state index in [1.54, 1.807) is 6.07 Å². The van der Waals surface area contributed by atoms with Gasteiger partial charge < -0.3 is 30.1 Å². The maximum atomic E-state index is 10.6. The SMILES string of the molecule is CCCCC1[OH+][C-](CCc2ccc(O)c(OCCC3=C[C+]4C(=N3)CC3(CCCC3)C3CCCC3C4CNCC(C)O)c2)C=C1CO. The summed E-state index contributed by atoms with van der Waals surface area (Å²) in [6, 6.07) is 5.64. The molecule has 0 saturated heterocycles. The van der Waals surface area contributed by atoms with Crippen LogP contribution in [0.15, 0.2) is 46.6 Å². The van der Waals surface area contributed by atoms with Crippen LogP contribution in [0.4, 0.5) is 0 Å². The number of aromatic hydroxyl groups is 1. The molecule has 1 aromatic rings. The van der Waals surface area contributed by atoms with Gasteiger partial charge in [0.25, 0.3) is 0 Å². The number of unbranched alkanes of at least 4 members (excludes halogenated alkanes) is 1. The minimum absolute atomic E-state index is 0.0717. The molecule has 5 aliphatic rings. The first-order valence-electron chi connectivity index (χ1n) is 18.3.